The molecule has 4 heteroatoms. The Morgan fingerprint density at radius 3 is 1.75 bits per heavy atom. The number of carbonyl (C=O) groups excluding carboxylic acids is 2. The maximum Gasteiger partial charge on any atom is 0.255 e. The van der Waals surface area contributed by atoms with Crippen molar-refractivity contribution in [2.75, 3.05) is 5.32 Å². The zero-order valence-corrected chi connectivity index (χ0v) is 14.6. The van der Waals surface area contributed by atoms with E-state index in [0.717, 1.165) is 0 Å². The molecule has 0 saturated carbocycles. The van der Waals surface area contributed by atoms with Gasteiger partial charge in [0.1, 0.15) is 0 Å². The van der Waals surface area contributed by atoms with Gasteiger partial charge in [-0.3, -0.25) is 9.59 Å². The van der Waals surface area contributed by atoms with Gasteiger partial charge in [0, 0.05) is 22.9 Å². The Balaban J connectivity index is 2.02. The molecule has 2 aromatic carbocycles. The second-order valence-electron chi connectivity index (χ2n) is 6.44. The van der Waals surface area contributed by atoms with Crippen LogP contribution >= 0.6 is 0 Å². The van der Waals surface area contributed by atoms with Crippen molar-refractivity contribution < 1.29 is 9.59 Å². The molecule has 0 saturated heterocycles. The zero-order valence-electron chi connectivity index (χ0n) is 14.6. The summed E-state index contributed by atoms with van der Waals surface area (Å²) in [5.41, 5.74) is 3.05. The normalized spacial score (nSPS) is 10.8. The van der Waals surface area contributed by atoms with Crippen LogP contribution in [0.1, 0.15) is 59.9 Å². The van der Waals surface area contributed by atoms with Gasteiger partial charge in [-0.05, 0) is 61.7 Å². The molecular weight excluding hydrogens is 300 g/mol. The van der Waals surface area contributed by atoms with Crippen molar-refractivity contribution in [3.63, 3.8) is 0 Å². The predicted octanol–water partition coefficient (Wildman–Crippen LogP) is 4.20. The molecule has 24 heavy (non-hydrogen) atoms. The van der Waals surface area contributed by atoms with Crippen LogP contribution in [0.2, 0.25) is 0 Å². The van der Waals surface area contributed by atoms with Gasteiger partial charge in [0.05, 0.1) is 0 Å². The molecule has 0 unspecified atom stereocenters. The molecule has 4 nitrogen and oxygen atoms in total. The van der Waals surface area contributed by atoms with Crippen LogP contribution in [0.3, 0.4) is 0 Å². The molecule has 126 valence electrons. The first kappa shape index (κ1) is 17.7. The highest BCUT2D eigenvalue weighted by molar-refractivity contribution is 6.04. The summed E-state index contributed by atoms with van der Waals surface area (Å²) in [4.78, 5) is 24.2. The van der Waals surface area contributed by atoms with Crippen molar-refractivity contribution in [2.24, 2.45) is 0 Å². The van der Waals surface area contributed by atoms with Gasteiger partial charge in [0.25, 0.3) is 11.8 Å². The minimum Gasteiger partial charge on any atom is -0.350 e. The van der Waals surface area contributed by atoms with Crippen molar-refractivity contribution in [3.8, 4) is 0 Å². The van der Waals surface area contributed by atoms with Crippen LogP contribution in [0.25, 0.3) is 0 Å². The first-order chi connectivity index (χ1) is 11.4. The topological polar surface area (TPSA) is 58.2 Å². The highest BCUT2D eigenvalue weighted by Crippen LogP contribution is 2.16. The third-order valence-electron chi connectivity index (χ3n) is 3.66. The Bertz CT molecular complexity index is 701. The first-order valence-corrected chi connectivity index (χ1v) is 8.19. The van der Waals surface area contributed by atoms with E-state index in [1.54, 1.807) is 24.3 Å². The minimum absolute atomic E-state index is 0.0886. The zero-order chi connectivity index (χ0) is 17.7. The van der Waals surface area contributed by atoms with E-state index in [1.165, 1.54) is 5.56 Å². The number of benzene rings is 2. The Morgan fingerprint density at radius 1 is 0.750 bits per heavy atom. The summed E-state index contributed by atoms with van der Waals surface area (Å²) >= 11 is 0. The van der Waals surface area contributed by atoms with Gasteiger partial charge in [0.15, 0.2) is 0 Å². The molecule has 2 N–H and O–H groups in total. The summed E-state index contributed by atoms with van der Waals surface area (Å²) in [6.45, 7) is 8.06. The van der Waals surface area contributed by atoms with Gasteiger partial charge in [-0.2, -0.15) is 0 Å². The molecule has 0 radical (unpaired) electrons. The quantitative estimate of drug-likeness (QED) is 0.866. The lowest BCUT2D eigenvalue weighted by Crippen LogP contribution is -2.30. The summed E-state index contributed by atoms with van der Waals surface area (Å²) < 4.78 is 0. The van der Waals surface area contributed by atoms with Gasteiger partial charge in [-0.15, -0.1) is 0 Å². The van der Waals surface area contributed by atoms with Crippen molar-refractivity contribution in [1.82, 2.24) is 5.32 Å². The van der Waals surface area contributed by atoms with E-state index in [-0.39, 0.29) is 17.9 Å². The lowest BCUT2D eigenvalue weighted by atomic mass is 10.0. The second-order valence-corrected chi connectivity index (χ2v) is 6.44. The fourth-order valence-corrected chi connectivity index (χ4v) is 2.27. The van der Waals surface area contributed by atoms with Gasteiger partial charge in [0.2, 0.25) is 0 Å². The van der Waals surface area contributed by atoms with Crippen LogP contribution in [0.4, 0.5) is 5.69 Å². The third-order valence-corrected chi connectivity index (χ3v) is 3.66. The van der Waals surface area contributed by atoms with Gasteiger partial charge in [-0.1, -0.05) is 26.0 Å². The van der Waals surface area contributed by atoms with Crippen LogP contribution in [-0.2, 0) is 0 Å². The van der Waals surface area contributed by atoms with Crippen molar-refractivity contribution in [3.05, 3.63) is 65.2 Å². The number of nitrogens with one attached hydrogen (secondary N) is 2. The Hall–Kier alpha value is -2.62. The van der Waals surface area contributed by atoms with Gasteiger partial charge < -0.3 is 10.6 Å². The fourth-order valence-electron chi connectivity index (χ4n) is 2.27. The number of hydrogen-bond acceptors (Lipinski definition) is 2. The highest BCUT2D eigenvalue weighted by Gasteiger charge is 2.09. The van der Waals surface area contributed by atoms with E-state index in [9.17, 15) is 9.59 Å². The summed E-state index contributed by atoms with van der Waals surface area (Å²) in [7, 11) is 0. The first-order valence-electron chi connectivity index (χ1n) is 8.19. The van der Waals surface area contributed by atoms with E-state index >= 15 is 0 Å². The maximum absolute atomic E-state index is 12.3. The number of rotatable bonds is 5. The van der Waals surface area contributed by atoms with E-state index < -0.39 is 0 Å². The van der Waals surface area contributed by atoms with Gasteiger partial charge in [-0.25, -0.2) is 0 Å². The van der Waals surface area contributed by atoms with Gasteiger partial charge >= 0.3 is 0 Å². The molecule has 0 fully saturated rings. The Kier molecular flexibility index (Phi) is 5.74. The molecule has 0 spiro atoms. The number of carbonyl (C=O) groups is 2. The highest BCUT2D eigenvalue weighted by atomic mass is 16.2. The lowest BCUT2D eigenvalue weighted by Gasteiger charge is -2.10. The average Bonchev–Trinajstić information content (AvgIpc) is 2.55. The largest absolute Gasteiger partial charge is 0.350 e. The smallest absolute Gasteiger partial charge is 0.255 e. The van der Waals surface area contributed by atoms with Crippen LogP contribution in [0.5, 0.6) is 0 Å². The van der Waals surface area contributed by atoms with Crippen molar-refractivity contribution in [2.45, 2.75) is 39.7 Å². The lowest BCUT2D eigenvalue weighted by molar-refractivity contribution is 0.0942. The van der Waals surface area contributed by atoms with Crippen molar-refractivity contribution in [1.29, 1.82) is 0 Å². The number of amides is 2. The fraction of sp³-hybridized carbons (Fsp3) is 0.300. The Labute approximate surface area is 143 Å². The summed E-state index contributed by atoms with van der Waals surface area (Å²) in [6.07, 6.45) is 0. The second kappa shape index (κ2) is 7.77. The van der Waals surface area contributed by atoms with E-state index in [0.29, 0.717) is 22.7 Å². The summed E-state index contributed by atoms with van der Waals surface area (Å²) in [5.74, 6) is 0.156. The van der Waals surface area contributed by atoms with Crippen LogP contribution in [0, 0.1) is 0 Å². The van der Waals surface area contributed by atoms with E-state index in [4.69, 9.17) is 0 Å². The van der Waals surface area contributed by atoms with Crippen LogP contribution in [-0.4, -0.2) is 17.9 Å². The summed E-state index contributed by atoms with van der Waals surface area (Å²) in [5, 5.41) is 5.68. The predicted molar refractivity (Wildman–Crippen MR) is 97.5 cm³/mol. The standard InChI is InChI=1S/C20H24N2O2/c1-13(2)15-5-7-16(8-6-15)20(24)22-18-11-9-17(10-12-18)19(23)21-14(3)4/h5-14H,1-4H3,(H,21,23)(H,22,24). The van der Waals surface area contributed by atoms with E-state index in [2.05, 4.69) is 24.5 Å². The molecule has 0 heterocycles. The molecule has 0 aromatic heterocycles. The van der Waals surface area contributed by atoms with Crippen LogP contribution < -0.4 is 10.6 Å². The average molecular weight is 324 g/mol. The molecule has 0 bridgehead atoms. The molecule has 0 atom stereocenters. The molecule has 0 aliphatic rings. The molecule has 0 aliphatic heterocycles. The van der Waals surface area contributed by atoms with E-state index in [1.807, 2.05) is 38.1 Å². The molecule has 2 aromatic rings. The van der Waals surface area contributed by atoms with Crippen LogP contribution in [0.15, 0.2) is 48.5 Å². The molecule has 2 amide bonds. The molecule has 2 rings (SSSR count). The van der Waals surface area contributed by atoms with Crippen molar-refractivity contribution >= 4 is 17.5 Å². The maximum atomic E-state index is 12.3. The Morgan fingerprint density at radius 2 is 1.25 bits per heavy atom. The number of hydrogen-bond donors (Lipinski definition) is 2. The SMILES string of the molecule is CC(C)NC(=O)c1ccc(NC(=O)c2ccc(C(C)C)cc2)cc1. The molecule has 0 aliphatic carbocycles. The number of anilines is 1. The monoisotopic (exact) mass is 324 g/mol. The molecular formula is C20H24N2O2. The minimum atomic E-state index is -0.162. The third kappa shape index (κ3) is 4.69. The summed E-state index contributed by atoms with van der Waals surface area (Å²) in [6, 6.07) is 14.6.